The molecule has 1 aliphatic rings. The zero-order valence-corrected chi connectivity index (χ0v) is 14.6. The molecular weight excluding hydrogens is 318 g/mol. The fourth-order valence-electron chi connectivity index (χ4n) is 2.63. The van der Waals surface area contributed by atoms with Crippen molar-refractivity contribution in [2.75, 3.05) is 13.1 Å². The van der Waals surface area contributed by atoms with Crippen LogP contribution in [0, 0.1) is 0 Å². The standard InChI is InChI=1S/C19H25N3O3/c1-2-15-7-9-16(10-8-15)11-12-17(23)20-21-18(24)14-22-13-5-3-4-6-19(22)25/h7-12H,2-6,13-14H2,1H3,(H,20,23)(H,21,24)/b12-11+. The number of nitrogens with zero attached hydrogens (tertiary/aromatic N) is 1. The van der Waals surface area contributed by atoms with Crippen LogP contribution in [0.4, 0.5) is 0 Å². The van der Waals surface area contributed by atoms with Crippen LogP contribution in [-0.2, 0) is 20.8 Å². The van der Waals surface area contributed by atoms with E-state index in [9.17, 15) is 14.4 Å². The summed E-state index contributed by atoms with van der Waals surface area (Å²) in [5.41, 5.74) is 6.82. The summed E-state index contributed by atoms with van der Waals surface area (Å²) in [6, 6.07) is 7.90. The summed E-state index contributed by atoms with van der Waals surface area (Å²) in [6.45, 7) is 2.65. The summed E-state index contributed by atoms with van der Waals surface area (Å²) in [5, 5.41) is 0. The van der Waals surface area contributed by atoms with E-state index in [1.165, 1.54) is 11.6 Å². The SMILES string of the molecule is CCc1ccc(/C=C/C(=O)NNC(=O)CN2CCCCCC2=O)cc1. The van der Waals surface area contributed by atoms with Crippen LogP contribution in [0.15, 0.2) is 30.3 Å². The monoisotopic (exact) mass is 343 g/mol. The Hall–Kier alpha value is -2.63. The Bertz CT molecular complexity index is 638. The van der Waals surface area contributed by atoms with Gasteiger partial charge in [0.05, 0.1) is 0 Å². The third-order valence-electron chi connectivity index (χ3n) is 4.15. The molecule has 6 nitrogen and oxygen atoms in total. The Morgan fingerprint density at radius 2 is 1.88 bits per heavy atom. The second-order valence-electron chi connectivity index (χ2n) is 6.09. The molecule has 25 heavy (non-hydrogen) atoms. The smallest absolute Gasteiger partial charge is 0.262 e. The topological polar surface area (TPSA) is 78.5 Å². The average Bonchev–Trinajstić information content (AvgIpc) is 2.83. The fraction of sp³-hybridized carbons (Fsp3) is 0.421. The number of carbonyl (C=O) groups excluding carboxylic acids is 3. The van der Waals surface area contributed by atoms with Gasteiger partial charge in [-0.2, -0.15) is 0 Å². The molecule has 1 saturated heterocycles. The van der Waals surface area contributed by atoms with Gasteiger partial charge in [-0.05, 0) is 36.5 Å². The number of amides is 3. The molecular formula is C19H25N3O3. The highest BCUT2D eigenvalue weighted by Gasteiger charge is 2.19. The number of hydrogen-bond donors (Lipinski definition) is 2. The fourth-order valence-corrected chi connectivity index (χ4v) is 2.63. The van der Waals surface area contributed by atoms with E-state index < -0.39 is 11.8 Å². The van der Waals surface area contributed by atoms with Crippen molar-refractivity contribution in [3.63, 3.8) is 0 Å². The van der Waals surface area contributed by atoms with Gasteiger partial charge in [-0.3, -0.25) is 25.2 Å². The average molecular weight is 343 g/mol. The van der Waals surface area contributed by atoms with E-state index in [4.69, 9.17) is 0 Å². The third kappa shape index (κ3) is 6.41. The Morgan fingerprint density at radius 1 is 1.12 bits per heavy atom. The van der Waals surface area contributed by atoms with Crippen molar-refractivity contribution >= 4 is 23.8 Å². The molecule has 1 aromatic carbocycles. The van der Waals surface area contributed by atoms with Crippen LogP contribution >= 0.6 is 0 Å². The van der Waals surface area contributed by atoms with E-state index in [0.717, 1.165) is 31.2 Å². The minimum atomic E-state index is -0.421. The van der Waals surface area contributed by atoms with E-state index in [0.29, 0.717) is 13.0 Å². The van der Waals surface area contributed by atoms with Gasteiger partial charge in [0.2, 0.25) is 5.91 Å². The molecule has 2 N–H and O–H groups in total. The molecule has 0 spiro atoms. The zero-order chi connectivity index (χ0) is 18.1. The lowest BCUT2D eigenvalue weighted by atomic mass is 10.1. The van der Waals surface area contributed by atoms with E-state index in [2.05, 4.69) is 17.8 Å². The van der Waals surface area contributed by atoms with Crippen molar-refractivity contribution in [2.45, 2.75) is 39.0 Å². The Balaban J connectivity index is 1.75. The van der Waals surface area contributed by atoms with Gasteiger partial charge < -0.3 is 4.90 Å². The van der Waals surface area contributed by atoms with Gasteiger partial charge in [0.25, 0.3) is 11.8 Å². The number of carbonyl (C=O) groups is 3. The summed E-state index contributed by atoms with van der Waals surface area (Å²) in [6.07, 6.45) is 7.28. The second-order valence-corrected chi connectivity index (χ2v) is 6.09. The maximum absolute atomic E-state index is 11.9. The van der Waals surface area contributed by atoms with Gasteiger partial charge in [-0.25, -0.2) is 0 Å². The van der Waals surface area contributed by atoms with Crippen molar-refractivity contribution in [3.8, 4) is 0 Å². The molecule has 0 radical (unpaired) electrons. The van der Waals surface area contributed by atoms with E-state index in [1.807, 2.05) is 24.3 Å². The van der Waals surface area contributed by atoms with E-state index in [-0.39, 0.29) is 12.5 Å². The second kappa shape index (κ2) is 9.61. The number of rotatable bonds is 5. The van der Waals surface area contributed by atoms with Gasteiger partial charge >= 0.3 is 0 Å². The lowest BCUT2D eigenvalue weighted by Crippen LogP contribution is -2.47. The van der Waals surface area contributed by atoms with E-state index >= 15 is 0 Å². The van der Waals surface area contributed by atoms with Crippen LogP contribution < -0.4 is 10.9 Å². The molecule has 0 bridgehead atoms. The molecule has 1 heterocycles. The lowest BCUT2D eigenvalue weighted by molar-refractivity contribution is -0.136. The van der Waals surface area contributed by atoms with Crippen molar-refractivity contribution in [2.24, 2.45) is 0 Å². The number of aryl methyl sites for hydroxylation is 1. The van der Waals surface area contributed by atoms with Crippen molar-refractivity contribution in [1.82, 2.24) is 15.8 Å². The van der Waals surface area contributed by atoms with Gasteiger partial charge in [0, 0.05) is 19.0 Å². The number of hydrazine groups is 1. The van der Waals surface area contributed by atoms with Gasteiger partial charge in [-0.1, -0.05) is 37.6 Å². The predicted molar refractivity (Wildman–Crippen MR) is 96.2 cm³/mol. The third-order valence-corrected chi connectivity index (χ3v) is 4.15. The van der Waals surface area contributed by atoms with Crippen LogP contribution in [-0.4, -0.2) is 35.7 Å². The molecule has 0 aromatic heterocycles. The van der Waals surface area contributed by atoms with Crippen molar-refractivity contribution in [1.29, 1.82) is 0 Å². The van der Waals surface area contributed by atoms with Gasteiger partial charge in [0.15, 0.2) is 0 Å². The molecule has 0 unspecified atom stereocenters. The van der Waals surface area contributed by atoms with Crippen molar-refractivity contribution in [3.05, 3.63) is 41.5 Å². The summed E-state index contributed by atoms with van der Waals surface area (Å²) >= 11 is 0. The maximum atomic E-state index is 11.9. The summed E-state index contributed by atoms with van der Waals surface area (Å²) in [7, 11) is 0. The Labute approximate surface area is 148 Å². The van der Waals surface area contributed by atoms with Gasteiger partial charge in [-0.15, -0.1) is 0 Å². The molecule has 0 aliphatic carbocycles. The molecule has 6 heteroatoms. The molecule has 1 fully saturated rings. The normalized spacial score (nSPS) is 15.1. The van der Waals surface area contributed by atoms with Crippen LogP contribution in [0.3, 0.4) is 0 Å². The first-order chi connectivity index (χ1) is 12.1. The first-order valence-corrected chi connectivity index (χ1v) is 8.72. The first kappa shape index (κ1) is 18.7. The largest absolute Gasteiger partial charge is 0.333 e. The lowest BCUT2D eigenvalue weighted by Gasteiger charge is -2.19. The summed E-state index contributed by atoms with van der Waals surface area (Å²) in [4.78, 5) is 37.0. The zero-order valence-electron chi connectivity index (χ0n) is 14.6. The van der Waals surface area contributed by atoms with Crippen LogP contribution in [0.5, 0.6) is 0 Å². The molecule has 1 aliphatic heterocycles. The highest BCUT2D eigenvalue weighted by atomic mass is 16.2. The molecule has 134 valence electrons. The van der Waals surface area contributed by atoms with Crippen molar-refractivity contribution < 1.29 is 14.4 Å². The molecule has 2 rings (SSSR count). The van der Waals surface area contributed by atoms with E-state index in [1.54, 1.807) is 11.0 Å². The van der Waals surface area contributed by atoms with Crippen LogP contribution in [0.25, 0.3) is 6.08 Å². The predicted octanol–water partition coefficient (Wildman–Crippen LogP) is 1.81. The number of likely N-dealkylation sites (tertiary alicyclic amines) is 1. The minimum Gasteiger partial charge on any atom is -0.333 e. The highest BCUT2D eigenvalue weighted by molar-refractivity contribution is 5.93. The summed E-state index contributed by atoms with van der Waals surface area (Å²) < 4.78 is 0. The Morgan fingerprint density at radius 3 is 2.60 bits per heavy atom. The van der Waals surface area contributed by atoms with Crippen LogP contribution in [0.1, 0.15) is 43.7 Å². The molecule has 3 amide bonds. The van der Waals surface area contributed by atoms with Crippen LogP contribution in [0.2, 0.25) is 0 Å². The summed E-state index contributed by atoms with van der Waals surface area (Å²) in [5.74, 6) is -0.825. The van der Waals surface area contributed by atoms with Gasteiger partial charge in [0.1, 0.15) is 6.54 Å². The molecule has 0 saturated carbocycles. The number of benzene rings is 1. The number of nitrogens with one attached hydrogen (secondary N) is 2. The molecule has 1 aromatic rings. The Kier molecular flexibility index (Phi) is 7.19. The minimum absolute atomic E-state index is 0.00519. The highest BCUT2D eigenvalue weighted by Crippen LogP contribution is 2.10. The quantitative estimate of drug-likeness (QED) is 0.632. The number of hydrogen-bond acceptors (Lipinski definition) is 3. The first-order valence-electron chi connectivity index (χ1n) is 8.72. The maximum Gasteiger partial charge on any atom is 0.262 e. The molecule has 0 atom stereocenters.